The number of nitrogens with one attached hydrogen (secondary N) is 1. The molecule has 0 bridgehead atoms. The Labute approximate surface area is 150 Å². The van der Waals surface area contributed by atoms with Crippen LogP contribution in [0.15, 0.2) is 21.5 Å². The van der Waals surface area contributed by atoms with Gasteiger partial charge >= 0.3 is 0 Å². The first-order valence-corrected chi connectivity index (χ1v) is 9.45. The van der Waals surface area contributed by atoms with Crippen molar-refractivity contribution in [2.75, 3.05) is 26.2 Å². The molecule has 1 aromatic carbocycles. The van der Waals surface area contributed by atoms with Crippen LogP contribution in [0.1, 0.15) is 19.8 Å². The summed E-state index contributed by atoms with van der Waals surface area (Å²) in [7, 11) is -4.00. The molecule has 0 spiro atoms. The van der Waals surface area contributed by atoms with Gasteiger partial charge in [0.05, 0.1) is 4.47 Å². The number of benzene rings is 1. The van der Waals surface area contributed by atoms with Crippen LogP contribution in [0, 0.1) is 17.6 Å². The second-order valence-electron chi connectivity index (χ2n) is 5.35. The molecule has 23 heavy (non-hydrogen) atoms. The molecule has 0 aromatic heterocycles. The van der Waals surface area contributed by atoms with Crippen molar-refractivity contribution in [3.63, 3.8) is 0 Å². The van der Waals surface area contributed by atoms with E-state index in [2.05, 4.69) is 21.2 Å². The van der Waals surface area contributed by atoms with Gasteiger partial charge in [-0.3, -0.25) is 0 Å². The third-order valence-electron chi connectivity index (χ3n) is 3.85. The van der Waals surface area contributed by atoms with Crippen molar-refractivity contribution in [3.05, 3.63) is 28.2 Å². The molecule has 1 fully saturated rings. The summed E-state index contributed by atoms with van der Waals surface area (Å²) in [5.74, 6) is -1.32. The van der Waals surface area contributed by atoms with Gasteiger partial charge in [-0.15, -0.1) is 12.4 Å². The lowest BCUT2D eigenvalue weighted by atomic mass is 9.98. The third kappa shape index (κ3) is 4.85. The SMILES string of the molecule is CCNCC1CCN(S(=O)(=O)c2cc(F)c(Br)cc2F)CC1.Cl. The lowest BCUT2D eigenvalue weighted by Gasteiger charge is -2.31. The molecule has 1 aromatic rings. The Hall–Kier alpha value is -0.280. The van der Waals surface area contributed by atoms with E-state index >= 15 is 0 Å². The molecule has 2 rings (SSSR count). The molecule has 4 nitrogen and oxygen atoms in total. The van der Waals surface area contributed by atoms with Crippen molar-refractivity contribution in [2.24, 2.45) is 5.92 Å². The topological polar surface area (TPSA) is 49.4 Å². The zero-order chi connectivity index (χ0) is 16.3. The fraction of sp³-hybridized carbons (Fsp3) is 0.571. The first kappa shape index (κ1) is 20.8. The Kier molecular flexibility index (Phi) is 7.86. The standard InChI is InChI=1S/C14H19BrF2N2O2S.ClH/c1-2-18-9-10-3-5-19(6-4-10)22(20,21)14-8-12(16)11(15)7-13(14)17;/h7-8,10,18H,2-6,9H2,1H3;1H. The first-order chi connectivity index (χ1) is 10.4. The molecule has 0 amide bonds. The number of sulfonamides is 1. The Morgan fingerprint density at radius 3 is 2.43 bits per heavy atom. The van der Waals surface area contributed by atoms with Crippen LogP contribution < -0.4 is 5.32 Å². The van der Waals surface area contributed by atoms with Gasteiger partial charge in [-0.25, -0.2) is 17.2 Å². The highest BCUT2D eigenvalue weighted by atomic mass is 79.9. The van der Waals surface area contributed by atoms with Crippen LogP contribution in [-0.4, -0.2) is 38.9 Å². The minimum Gasteiger partial charge on any atom is -0.317 e. The highest BCUT2D eigenvalue weighted by Crippen LogP contribution is 2.28. The van der Waals surface area contributed by atoms with Crippen molar-refractivity contribution in [3.8, 4) is 0 Å². The fourth-order valence-corrected chi connectivity index (χ4v) is 4.39. The van der Waals surface area contributed by atoms with E-state index in [1.54, 1.807) is 0 Å². The van der Waals surface area contributed by atoms with E-state index in [0.29, 0.717) is 31.8 Å². The van der Waals surface area contributed by atoms with E-state index < -0.39 is 26.6 Å². The highest BCUT2D eigenvalue weighted by molar-refractivity contribution is 9.10. The van der Waals surface area contributed by atoms with Crippen molar-refractivity contribution < 1.29 is 17.2 Å². The summed E-state index contributed by atoms with van der Waals surface area (Å²) < 4.78 is 53.6. The molecule has 0 saturated carbocycles. The van der Waals surface area contributed by atoms with Crippen LogP contribution >= 0.6 is 28.3 Å². The van der Waals surface area contributed by atoms with Gasteiger partial charge < -0.3 is 5.32 Å². The van der Waals surface area contributed by atoms with Crippen LogP contribution in [-0.2, 0) is 10.0 Å². The molecule has 0 atom stereocenters. The Morgan fingerprint density at radius 2 is 1.87 bits per heavy atom. The normalized spacial score (nSPS) is 17.0. The number of piperidine rings is 1. The second-order valence-corrected chi connectivity index (χ2v) is 8.11. The predicted octanol–water partition coefficient (Wildman–Crippen LogP) is 3.16. The third-order valence-corrected chi connectivity index (χ3v) is 6.37. The number of halogens is 4. The quantitative estimate of drug-likeness (QED) is 0.726. The average molecular weight is 434 g/mol. The number of hydrogen-bond donors (Lipinski definition) is 1. The van der Waals surface area contributed by atoms with Gasteiger partial charge in [-0.05, 0) is 59.9 Å². The number of rotatable bonds is 5. The van der Waals surface area contributed by atoms with E-state index in [4.69, 9.17) is 0 Å². The number of hydrogen-bond acceptors (Lipinski definition) is 3. The zero-order valence-electron chi connectivity index (χ0n) is 12.7. The minimum absolute atomic E-state index is 0. The van der Waals surface area contributed by atoms with E-state index in [0.717, 1.165) is 25.2 Å². The highest BCUT2D eigenvalue weighted by Gasteiger charge is 2.31. The van der Waals surface area contributed by atoms with Gasteiger partial charge in [-0.2, -0.15) is 4.31 Å². The van der Waals surface area contributed by atoms with Crippen molar-refractivity contribution in [2.45, 2.75) is 24.7 Å². The molecule has 1 saturated heterocycles. The largest absolute Gasteiger partial charge is 0.317 e. The van der Waals surface area contributed by atoms with Gasteiger partial charge in [0.2, 0.25) is 10.0 Å². The average Bonchev–Trinajstić information content (AvgIpc) is 2.49. The van der Waals surface area contributed by atoms with E-state index in [-0.39, 0.29) is 16.9 Å². The molecule has 1 heterocycles. The van der Waals surface area contributed by atoms with Gasteiger partial charge in [0.25, 0.3) is 0 Å². The van der Waals surface area contributed by atoms with Crippen LogP contribution in [0.25, 0.3) is 0 Å². The lowest BCUT2D eigenvalue weighted by Crippen LogP contribution is -2.41. The van der Waals surface area contributed by atoms with Crippen molar-refractivity contribution in [1.29, 1.82) is 0 Å². The summed E-state index contributed by atoms with van der Waals surface area (Å²) in [5, 5.41) is 3.24. The van der Waals surface area contributed by atoms with Crippen LogP contribution in [0.4, 0.5) is 8.78 Å². The molecule has 0 radical (unpaired) electrons. The smallest absolute Gasteiger partial charge is 0.246 e. The van der Waals surface area contributed by atoms with E-state index in [1.807, 2.05) is 6.92 Å². The van der Waals surface area contributed by atoms with Gasteiger partial charge in [0.1, 0.15) is 16.5 Å². The van der Waals surface area contributed by atoms with Crippen LogP contribution in [0.5, 0.6) is 0 Å². The maximum atomic E-state index is 13.9. The monoisotopic (exact) mass is 432 g/mol. The predicted molar refractivity (Wildman–Crippen MR) is 91.3 cm³/mol. The van der Waals surface area contributed by atoms with Crippen LogP contribution in [0.2, 0.25) is 0 Å². The van der Waals surface area contributed by atoms with E-state index in [9.17, 15) is 17.2 Å². The van der Waals surface area contributed by atoms with E-state index in [1.165, 1.54) is 4.31 Å². The summed E-state index contributed by atoms with van der Waals surface area (Å²) >= 11 is 2.84. The van der Waals surface area contributed by atoms with Gasteiger partial charge in [0.15, 0.2) is 0 Å². The maximum absolute atomic E-state index is 13.9. The van der Waals surface area contributed by atoms with Crippen LogP contribution in [0.3, 0.4) is 0 Å². The van der Waals surface area contributed by atoms with Crippen molar-refractivity contribution >= 4 is 38.4 Å². The summed E-state index contributed by atoms with van der Waals surface area (Å²) in [6.45, 7) is 4.41. The summed E-state index contributed by atoms with van der Waals surface area (Å²) in [4.78, 5) is -0.599. The minimum atomic E-state index is -4.00. The molecule has 0 unspecified atom stereocenters. The Morgan fingerprint density at radius 1 is 1.26 bits per heavy atom. The summed E-state index contributed by atoms with van der Waals surface area (Å²) in [6.07, 6.45) is 1.43. The molecule has 132 valence electrons. The molecular formula is C14H20BrClF2N2O2S. The molecule has 1 aliphatic rings. The van der Waals surface area contributed by atoms with Gasteiger partial charge in [0, 0.05) is 13.1 Å². The molecule has 9 heteroatoms. The second kappa shape index (κ2) is 8.71. The molecule has 1 N–H and O–H groups in total. The van der Waals surface area contributed by atoms with Crippen molar-refractivity contribution in [1.82, 2.24) is 9.62 Å². The molecular weight excluding hydrogens is 414 g/mol. The molecule has 0 aliphatic carbocycles. The Balaban J connectivity index is 0.00000264. The fourth-order valence-electron chi connectivity index (χ4n) is 2.54. The summed E-state index contributed by atoms with van der Waals surface area (Å²) in [5.41, 5.74) is 0. The number of nitrogens with zero attached hydrogens (tertiary/aromatic N) is 1. The molecule has 1 aliphatic heterocycles. The Bertz CT molecular complexity index is 638. The lowest BCUT2D eigenvalue weighted by molar-refractivity contribution is 0.268. The van der Waals surface area contributed by atoms with Gasteiger partial charge in [-0.1, -0.05) is 6.92 Å². The zero-order valence-corrected chi connectivity index (χ0v) is 15.9. The summed E-state index contributed by atoms with van der Waals surface area (Å²) in [6, 6.07) is 1.58. The first-order valence-electron chi connectivity index (χ1n) is 7.21. The maximum Gasteiger partial charge on any atom is 0.246 e.